The highest BCUT2D eigenvalue weighted by atomic mass is 19.1. The third-order valence-corrected chi connectivity index (χ3v) is 6.07. The van der Waals surface area contributed by atoms with Crippen LogP contribution in [0.25, 0.3) is 0 Å². The van der Waals surface area contributed by atoms with Crippen molar-refractivity contribution >= 4 is 23.4 Å². The van der Waals surface area contributed by atoms with Gasteiger partial charge in [0.2, 0.25) is 17.7 Å². The van der Waals surface area contributed by atoms with E-state index in [-0.39, 0.29) is 48.0 Å². The molecule has 2 fully saturated rings. The van der Waals surface area contributed by atoms with Gasteiger partial charge in [0.25, 0.3) is 0 Å². The second-order valence-electron chi connectivity index (χ2n) is 7.68. The van der Waals surface area contributed by atoms with Crippen molar-refractivity contribution in [1.29, 1.82) is 0 Å². The molecule has 0 spiro atoms. The lowest BCUT2D eigenvalue weighted by atomic mass is 9.81. The third-order valence-electron chi connectivity index (χ3n) is 6.07. The quantitative estimate of drug-likeness (QED) is 0.764. The Kier molecular flexibility index (Phi) is 4.29. The second-order valence-corrected chi connectivity index (χ2v) is 7.68. The van der Waals surface area contributed by atoms with E-state index in [1.165, 1.54) is 12.1 Å². The van der Waals surface area contributed by atoms with Crippen LogP contribution in [-0.4, -0.2) is 35.2 Å². The number of hydrogen-bond donors (Lipinski definition) is 0. The molecule has 138 valence electrons. The van der Waals surface area contributed by atoms with Gasteiger partial charge in [0.05, 0.1) is 11.8 Å². The maximum absolute atomic E-state index is 13.5. The molecule has 1 aliphatic carbocycles. The van der Waals surface area contributed by atoms with Crippen LogP contribution < -0.4 is 4.90 Å². The Hall–Kier alpha value is -2.24. The van der Waals surface area contributed by atoms with Crippen LogP contribution in [0, 0.1) is 17.7 Å². The summed E-state index contributed by atoms with van der Waals surface area (Å²) in [6.07, 6.45) is 4.84. The smallest absolute Gasteiger partial charge is 0.247 e. The Balaban J connectivity index is 1.57. The minimum Gasteiger partial charge on any atom is -0.308 e. The highest BCUT2D eigenvalue weighted by Gasteiger charge is 2.49. The van der Waals surface area contributed by atoms with Crippen LogP contribution >= 0.6 is 0 Å². The minimum atomic E-state index is -0.320. The van der Waals surface area contributed by atoms with Crippen molar-refractivity contribution in [2.45, 2.75) is 51.5 Å². The number of imide groups is 1. The molecule has 3 atom stereocenters. The Morgan fingerprint density at radius 1 is 1.12 bits per heavy atom. The molecule has 1 aromatic carbocycles. The summed E-state index contributed by atoms with van der Waals surface area (Å²) < 4.78 is 13.5. The van der Waals surface area contributed by atoms with Crippen molar-refractivity contribution in [2.75, 3.05) is 11.4 Å². The number of anilines is 1. The van der Waals surface area contributed by atoms with E-state index in [9.17, 15) is 18.8 Å². The summed E-state index contributed by atoms with van der Waals surface area (Å²) >= 11 is 0. The van der Waals surface area contributed by atoms with E-state index in [1.54, 1.807) is 11.0 Å². The van der Waals surface area contributed by atoms with Gasteiger partial charge < -0.3 is 4.90 Å². The van der Waals surface area contributed by atoms with E-state index >= 15 is 0 Å². The van der Waals surface area contributed by atoms with E-state index in [0.717, 1.165) is 42.6 Å². The number of rotatable bonds is 2. The SMILES string of the molecule is C[C@H]1CCc2cc(F)ccc2N1C(=O)CN1C(=O)[C@H]2CCCC[C@H]2C1=O. The van der Waals surface area contributed by atoms with Gasteiger partial charge >= 0.3 is 0 Å². The van der Waals surface area contributed by atoms with Crippen molar-refractivity contribution in [3.63, 3.8) is 0 Å². The predicted octanol–water partition coefficient (Wildman–Crippen LogP) is 2.67. The largest absolute Gasteiger partial charge is 0.308 e. The van der Waals surface area contributed by atoms with Crippen LogP contribution in [0.4, 0.5) is 10.1 Å². The van der Waals surface area contributed by atoms with Gasteiger partial charge in [-0.3, -0.25) is 19.3 Å². The Labute approximate surface area is 152 Å². The van der Waals surface area contributed by atoms with Crippen LogP contribution in [0.1, 0.15) is 44.6 Å². The molecule has 1 saturated carbocycles. The van der Waals surface area contributed by atoms with Crippen LogP contribution in [0.15, 0.2) is 18.2 Å². The molecule has 2 aliphatic heterocycles. The third kappa shape index (κ3) is 2.72. The molecule has 26 heavy (non-hydrogen) atoms. The summed E-state index contributed by atoms with van der Waals surface area (Å²) in [4.78, 5) is 41.0. The number of halogens is 1. The van der Waals surface area contributed by atoms with Crippen molar-refractivity contribution < 1.29 is 18.8 Å². The van der Waals surface area contributed by atoms with Gasteiger partial charge in [-0.25, -0.2) is 4.39 Å². The number of likely N-dealkylation sites (tertiary alicyclic amines) is 1. The first-order chi connectivity index (χ1) is 12.5. The molecular weight excluding hydrogens is 335 g/mol. The maximum Gasteiger partial charge on any atom is 0.247 e. The fourth-order valence-electron chi connectivity index (χ4n) is 4.70. The molecule has 0 bridgehead atoms. The zero-order valence-corrected chi connectivity index (χ0v) is 14.9. The lowest BCUT2D eigenvalue weighted by Crippen LogP contribution is -2.48. The summed E-state index contributed by atoms with van der Waals surface area (Å²) in [6.45, 7) is 1.73. The first kappa shape index (κ1) is 17.2. The highest BCUT2D eigenvalue weighted by molar-refractivity contribution is 6.09. The normalized spacial score (nSPS) is 28.2. The van der Waals surface area contributed by atoms with Crippen molar-refractivity contribution in [3.8, 4) is 0 Å². The first-order valence-corrected chi connectivity index (χ1v) is 9.43. The Morgan fingerprint density at radius 3 is 2.42 bits per heavy atom. The van der Waals surface area contributed by atoms with Gasteiger partial charge in [0.15, 0.2) is 0 Å². The van der Waals surface area contributed by atoms with E-state index < -0.39 is 0 Å². The zero-order valence-electron chi connectivity index (χ0n) is 14.9. The van der Waals surface area contributed by atoms with Crippen molar-refractivity contribution in [3.05, 3.63) is 29.6 Å². The fourth-order valence-corrected chi connectivity index (χ4v) is 4.70. The van der Waals surface area contributed by atoms with Crippen LogP contribution in [0.3, 0.4) is 0 Å². The number of nitrogens with zero attached hydrogens (tertiary/aromatic N) is 2. The number of carbonyl (C=O) groups is 3. The molecule has 0 radical (unpaired) electrons. The van der Waals surface area contributed by atoms with E-state index in [0.29, 0.717) is 12.1 Å². The van der Waals surface area contributed by atoms with Crippen LogP contribution in [-0.2, 0) is 20.8 Å². The molecule has 5 nitrogen and oxygen atoms in total. The van der Waals surface area contributed by atoms with Crippen molar-refractivity contribution in [1.82, 2.24) is 4.90 Å². The number of amides is 3. The number of benzene rings is 1. The summed E-state index contributed by atoms with van der Waals surface area (Å²) in [5, 5.41) is 0. The van der Waals surface area contributed by atoms with E-state index in [2.05, 4.69) is 0 Å². The molecule has 3 amide bonds. The molecule has 2 heterocycles. The van der Waals surface area contributed by atoms with Crippen LogP contribution in [0.2, 0.25) is 0 Å². The molecule has 1 aromatic rings. The van der Waals surface area contributed by atoms with Gasteiger partial charge in [-0.2, -0.15) is 0 Å². The molecule has 0 N–H and O–H groups in total. The minimum absolute atomic E-state index is 0.0458. The molecule has 6 heteroatoms. The van der Waals surface area contributed by atoms with Crippen molar-refractivity contribution in [2.24, 2.45) is 11.8 Å². The second kappa shape index (κ2) is 6.49. The molecular formula is C20H23FN2O3. The van der Waals surface area contributed by atoms with Gasteiger partial charge in [0, 0.05) is 11.7 Å². The fraction of sp³-hybridized carbons (Fsp3) is 0.550. The summed E-state index contributed by atoms with van der Waals surface area (Å²) in [5.41, 5.74) is 1.48. The Morgan fingerprint density at radius 2 is 1.77 bits per heavy atom. The zero-order chi connectivity index (χ0) is 18.4. The molecule has 0 unspecified atom stereocenters. The lowest BCUT2D eigenvalue weighted by Gasteiger charge is -2.36. The number of aryl methyl sites for hydroxylation is 1. The standard InChI is InChI=1S/C20H23FN2O3/c1-12-6-7-13-10-14(21)8-9-17(13)23(12)18(24)11-22-19(25)15-4-2-3-5-16(15)20(22)26/h8-10,12,15-16H,2-7,11H2,1H3/t12-,15-,16+/m0/s1. The average molecular weight is 358 g/mol. The number of hydrogen-bond acceptors (Lipinski definition) is 3. The lowest BCUT2D eigenvalue weighted by molar-refractivity contribution is -0.143. The van der Waals surface area contributed by atoms with E-state index in [4.69, 9.17) is 0 Å². The molecule has 1 saturated heterocycles. The average Bonchev–Trinajstić information content (AvgIpc) is 2.87. The Bertz CT molecular complexity index is 754. The maximum atomic E-state index is 13.5. The van der Waals surface area contributed by atoms with Gasteiger partial charge in [-0.15, -0.1) is 0 Å². The van der Waals surface area contributed by atoms with E-state index in [1.807, 2.05) is 6.92 Å². The highest BCUT2D eigenvalue weighted by Crippen LogP contribution is 2.38. The molecule has 3 aliphatic rings. The summed E-state index contributed by atoms with van der Waals surface area (Å²) in [5.74, 6) is -1.48. The molecule has 0 aromatic heterocycles. The topological polar surface area (TPSA) is 57.7 Å². The predicted molar refractivity (Wildman–Crippen MR) is 93.8 cm³/mol. The first-order valence-electron chi connectivity index (χ1n) is 9.43. The number of fused-ring (bicyclic) bond motifs is 2. The van der Waals surface area contributed by atoms with Gasteiger partial charge in [-0.05, 0) is 56.4 Å². The monoisotopic (exact) mass is 358 g/mol. The van der Waals surface area contributed by atoms with Gasteiger partial charge in [0.1, 0.15) is 12.4 Å². The van der Waals surface area contributed by atoms with Crippen LogP contribution in [0.5, 0.6) is 0 Å². The summed E-state index contributed by atoms with van der Waals surface area (Å²) in [6, 6.07) is 4.38. The summed E-state index contributed by atoms with van der Waals surface area (Å²) in [7, 11) is 0. The van der Waals surface area contributed by atoms with Gasteiger partial charge in [-0.1, -0.05) is 12.8 Å². The number of carbonyl (C=O) groups excluding carboxylic acids is 3. The molecule has 4 rings (SSSR count).